The van der Waals surface area contributed by atoms with Gasteiger partial charge in [0.25, 0.3) is 5.91 Å². The zero-order chi connectivity index (χ0) is 23.9. The van der Waals surface area contributed by atoms with Crippen LogP contribution in [0.5, 0.6) is 5.75 Å². The van der Waals surface area contributed by atoms with Crippen LogP contribution >= 0.6 is 23.4 Å². The van der Waals surface area contributed by atoms with E-state index in [1.807, 2.05) is 85.1 Å². The Bertz CT molecular complexity index is 1250. The van der Waals surface area contributed by atoms with Crippen molar-refractivity contribution in [3.05, 3.63) is 101 Å². The maximum Gasteiger partial charge on any atom is 0.258 e. The number of halogens is 1. The maximum atomic E-state index is 12.6. The molecule has 34 heavy (non-hydrogen) atoms. The van der Waals surface area contributed by atoms with Gasteiger partial charge in [-0.3, -0.25) is 9.36 Å². The summed E-state index contributed by atoms with van der Waals surface area (Å²) in [4.78, 5) is 12.6. The van der Waals surface area contributed by atoms with E-state index in [0.29, 0.717) is 16.6 Å². The average molecular weight is 493 g/mol. The molecule has 1 heterocycles. The Hall–Kier alpha value is -3.29. The topological polar surface area (TPSA) is 69.0 Å². The highest BCUT2D eigenvalue weighted by Crippen LogP contribution is 2.30. The molecule has 0 radical (unpaired) electrons. The molecule has 174 valence electrons. The number of carbonyl (C=O) groups excluding carboxylic acids is 1. The molecule has 6 nitrogen and oxygen atoms in total. The molecule has 4 rings (SSSR count). The van der Waals surface area contributed by atoms with E-state index < -0.39 is 6.04 Å². The summed E-state index contributed by atoms with van der Waals surface area (Å²) in [5.41, 5.74) is 3.09. The van der Waals surface area contributed by atoms with Crippen molar-refractivity contribution < 1.29 is 9.53 Å². The highest BCUT2D eigenvalue weighted by molar-refractivity contribution is 7.98. The minimum atomic E-state index is -0.399. The van der Waals surface area contributed by atoms with Crippen molar-refractivity contribution in [3.8, 4) is 11.4 Å². The van der Waals surface area contributed by atoms with Gasteiger partial charge in [0, 0.05) is 10.8 Å². The summed E-state index contributed by atoms with van der Waals surface area (Å²) >= 11 is 7.91. The molecule has 3 aromatic carbocycles. The van der Waals surface area contributed by atoms with Crippen LogP contribution < -0.4 is 10.1 Å². The Kier molecular flexibility index (Phi) is 7.87. The number of rotatable bonds is 9. The summed E-state index contributed by atoms with van der Waals surface area (Å²) in [6, 6.07) is 24.7. The van der Waals surface area contributed by atoms with Crippen molar-refractivity contribution in [1.82, 2.24) is 20.1 Å². The maximum absolute atomic E-state index is 12.6. The van der Waals surface area contributed by atoms with Crippen molar-refractivity contribution in [2.24, 2.45) is 0 Å². The number of amides is 1. The molecule has 0 fully saturated rings. The average Bonchev–Trinajstić information content (AvgIpc) is 3.28. The molecule has 8 heteroatoms. The van der Waals surface area contributed by atoms with Gasteiger partial charge in [0.2, 0.25) is 0 Å². The number of hydrogen-bond donors (Lipinski definition) is 1. The van der Waals surface area contributed by atoms with Gasteiger partial charge in [-0.1, -0.05) is 78.0 Å². The number of thioether (sulfide) groups is 1. The summed E-state index contributed by atoms with van der Waals surface area (Å²) in [7, 11) is 0. The third kappa shape index (κ3) is 5.98. The van der Waals surface area contributed by atoms with Gasteiger partial charge in [-0.15, -0.1) is 10.2 Å². The largest absolute Gasteiger partial charge is 0.484 e. The molecule has 1 N–H and O–H groups in total. The quantitative estimate of drug-likeness (QED) is 0.300. The monoisotopic (exact) mass is 492 g/mol. The summed E-state index contributed by atoms with van der Waals surface area (Å²) in [5, 5.41) is 13.2. The van der Waals surface area contributed by atoms with E-state index >= 15 is 0 Å². The predicted molar refractivity (Wildman–Crippen MR) is 136 cm³/mol. The highest BCUT2D eigenvalue weighted by atomic mass is 35.5. The van der Waals surface area contributed by atoms with E-state index in [9.17, 15) is 4.79 Å². The predicted octanol–water partition coefficient (Wildman–Crippen LogP) is 5.78. The molecular weight excluding hydrogens is 468 g/mol. The molecule has 1 amide bonds. The Morgan fingerprint density at radius 2 is 1.76 bits per heavy atom. The lowest BCUT2D eigenvalue weighted by Gasteiger charge is -2.18. The standard InChI is InChI=1S/C26H25ClN4O2S/c1-18-13-14-21(27)15-23(18)31-25(29-30-26(31)34-17-20-9-5-3-6-10-20)19(2)28-24(32)16-33-22-11-7-4-8-12-22/h3-15,19H,16-17H2,1-2H3,(H,28,32). The SMILES string of the molecule is Cc1ccc(Cl)cc1-n1c(SCc2ccccc2)nnc1C(C)NC(=O)COc1ccccc1. The van der Waals surface area contributed by atoms with Crippen molar-refractivity contribution >= 4 is 29.3 Å². The van der Waals surface area contributed by atoms with E-state index in [-0.39, 0.29) is 12.5 Å². The van der Waals surface area contributed by atoms with Gasteiger partial charge in [0.05, 0.1) is 11.7 Å². The minimum Gasteiger partial charge on any atom is -0.484 e. The fourth-order valence-electron chi connectivity index (χ4n) is 3.44. The van der Waals surface area contributed by atoms with Gasteiger partial charge in [-0.05, 0) is 49.2 Å². The fourth-order valence-corrected chi connectivity index (χ4v) is 4.51. The molecule has 0 aliphatic rings. The second-order valence-corrected chi connectivity index (χ2v) is 9.15. The lowest BCUT2D eigenvalue weighted by Crippen LogP contribution is -2.32. The zero-order valence-corrected chi connectivity index (χ0v) is 20.5. The van der Waals surface area contributed by atoms with Crippen molar-refractivity contribution in [3.63, 3.8) is 0 Å². The summed E-state index contributed by atoms with van der Waals surface area (Å²) in [5.74, 6) is 1.76. The first-order valence-corrected chi connectivity index (χ1v) is 12.2. The lowest BCUT2D eigenvalue weighted by molar-refractivity contribution is -0.123. The normalized spacial score (nSPS) is 11.7. The first-order valence-electron chi connectivity index (χ1n) is 10.9. The van der Waals surface area contributed by atoms with Gasteiger partial charge < -0.3 is 10.1 Å². The fraction of sp³-hybridized carbons (Fsp3) is 0.192. The molecule has 0 aliphatic carbocycles. The number of aryl methyl sites for hydroxylation is 1. The van der Waals surface area contributed by atoms with Crippen LogP contribution in [0.15, 0.2) is 84.0 Å². The van der Waals surface area contributed by atoms with Gasteiger partial charge in [0.15, 0.2) is 17.6 Å². The number of ether oxygens (including phenoxy) is 1. The van der Waals surface area contributed by atoms with Crippen LogP contribution in [0.1, 0.15) is 29.9 Å². The Morgan fingerprint density at radius 1 is 1.06 bits per heavy atom. The van der Waals surface area contributed by atoms with E-state index in [4.69, 9.17) is 16.3 Å². The number of benzene rings is 3. The molecule has 0 bridgehead atoms. The van der Waals surface area contributed by atoms with Crippen molar-refractivity contribution in [2.75, 3.05) is 6.61 Å². The Morgan fingerprint density at radius 3 is 2.50 bits per heavy atom. The summed E-state index contributed by atoms with van der Waals surface area (Å²) in [6.45, 7) is 3.80. The molecule has 1 aromatic heterocycles. The van der Waals surface area contributed by atoms with E-state index in [2.05, 4.69) is 27.6 Å². The molecular formula is C26H25ClN4O2S. The first kappa shape index (κ1) is 23.9. The zero-order valence-electron chi connectivity index (χ0n) is 18.9. The molecule has 0 saturated heterocycles. The summed E-state index contributed by atoms with van der Waals surface area (Å²) < 4.78 is 7.54. The number of aromatic nitrogens is 3. The molecule has 0 aliphatic heterocycles. The second-order valence-electron chi connectivity index (χ2n) is 7.77. The number of para-hydroxylation sites is 1. The second kappa shape index (κ2) is 11.2. The number of nitrogens with one attached hydrogen (secondary N) is 1. The van der Waals surface area contributed by atoms with E-state index in [1.165, 1.54) is 5.56 Å². The van der Waals surface area contributed by atoms with Crippen molar-refractivity contribution in [2.45, 2.75) is 30.8 Å². The van der Waals surface area contributed by atoms with E-state index in [1.54, 1.807) is 11.8 Å². The molecule has 4 aromatic rings. The number of hydrogen-bond acceptors (Lipinski definition) is 5. The van der Waals surface area contributed by atoms with Gasteiger partial charge in [-0.2, -0.15) is 0 Å². The van der Waals surface area contributed by atoms with Gasteiger partial charge in [0.1, 0.15) is 5.75 Å². The lowest BCUT2D eigenvalue weighted by atomic mass is 10.2. The Labute approximate surface area is 208 Å². The van der Waals surface area contributed by atoms with Gasteiger partial charge in [-0.25, -0.2) is 0 Å². The third-order valence-corrected chi connectivity index (χ3v) is 6.39. The molecule has 0 spiro atoms. The van der Waals surface area contributed by atoms with Crippen LogP contribution in [0.2, 0.25) is 5.02 Å². The van der Waals surface area contributed by atoms with Crippen LogP contribution in [0, 0.1) is 6.92 Å². The smallest absolute Gasteiger partial charge is 0.258 e. The van der Waals surface area contributed by atoms with Crippen LogP contribution in [0.25, 0.3) is 5.69 Å². The third-order valence-electron chi connectivity index (χ3n) is 5.16. The Balaban J connectivity index is 1.56. The van der Waals surface area contributed by atoms with Crippen LogP contribution in [-0.4, -0.2) is 27.3 Å². The van der Waals surface area contributed by atoms with Gasteiger partial charge >= 0.3 is 0 Å². The van der Waals surface area contributed by atoms with Crippen LogP contribution in [0.3, 0.4) is 0 Å². The summed E-state index contributed by atoms with van der Waals surface area (Å²) in [6.07, 6.45) is 0. The molecule has 0 saturated carbocycles. The first-order chi connectivity index (χ1) is 16.5. The minimum absolute atomic E-state index is 0.0890. The molecule has 1 atom stereocenters. The van der Waals surface area contributed by atoms with Crippen molar-refractivity contribution in [1.29, 1.82) is 0 Å². The van der Waals surface area contributed by atoms with E-state index in [0.717, 1.165) is 22.2 Å². The molecule has 1 unspecified atom stereocenters. The van der Waals surface area contributed by atoms with Crippen LogP contribution in [-0.2, 0) is 10.5 Å². The number of nitrogens with zero attached hydrogens (tertiary/aromatic N) is 3. The number of carbonyl (C=O) groups is 1. The highest BCUT2D eigenvalue weighted by Gasteiger charge is 2.22. The van der Waals surface area contributed by atoms with Crippen LogP contribution in [0.4, 0.5) is 0 Å².